The maximum absolute atomic E-state index is 8.89. The van der Waals surface area contributed by atoms with E-state index < -0.39 is 18.3 Å². The topological polar surface area (TPSA) is 69.9 Å². The minimum Gasteiger partial charge on any atom is -0.394 e. The first-order chi connectivity index (χ1) is 4.25. The van der Waals surface area contributed by atoms with Gasteiger partial charge in [-0.05, 0) is 0 Å². The van der Waals surface area contributed by atoms with Crippen LogP contribution in [0, 0.1) is 6.61 Å². The molecule has 0 saturated carbocycles. The molecule has 0 aromatic carbocycles. The fourth-order valence-corrected chi connectivity index (χ4v) is 0.713. The highest BCUT2D eigenvalue weighted by Crippen LogP contribution is 2.16. The van der Waals surface area contributed by atoms with Crippen molar-refractivity contribution in [1.82, 2.24) is 0 Å². The maximum Gasteiger partial charge on any atom is 0.115 e. The molecule has 1 radical (unpaired) electrons. The van der Waals surface area contributed by atoms with Crippen LogP contribution in [0.15, 0.2) is 0 Å². The molecule has 0 unspecified atom stereocenters. The van der Waals surface area contributed by atoms with E-state index in [0.29, 0.717) is 0 Å². The zero-order valence-electron chi connectivity index (χ0n) is 4.77. The standard InChI is InChI=1S/C5H9O4/c6-1-4-5(8)3(7)2-9-4/h2-8H,1H2/t3-,4+,5+/m1/s1. The molecule has 4 nitrogen and oxygen atoms in total. The molecule has 1 heterocycles. The van der Waals surface area contributed by atoms with Crippen LogP contribution in [0.25, 0.3) is 0 Å². The second kappa shape index (κ2) is 2.62. The van der Waals surface area contributed by atoms with Crippen molar-refractivity contribution in [3.05, 3.63) is 6.61 Å². The van der Waals surface area contributed by atoms with E-state index in [-0.39, 0.29) is 6.61 Å². The van der Waals surface area contributed by atoms with Crippen molar-refractivity contribution in [2.45, 2.75) is 18.3 Å². The normalized spacial score (nSPS) is 43.7. The third kappa shape index (κ3) is 1.21. The zero-order valence-corrected chi connectivity index (χ0v) is 4.77. The van der Waals surface area contributed by atoms with Crippen LogP contribution < -0.4 is 0 Å². The van der Waals surface area contributed by atoms with Gasteiger partial charge in [0.15, 0.2) is 0 Å². The Balaban J connectivity index is 2.41. The van der Waals surface area contributed by atoms with Crippen molar-refractivity contribution >= 4 is 0 Å². The van der Waals surface area contributed by atoms with E-state index in [1.54, 1.807) is 0 Å². The van der Waals surface area contributed by atoms with E-state index >= 15 is 0 Å². The Morgan fingerprint density at radius 2 is 2.11 bits per heavy atom. The minimum atomic E-state index is -0.977. The maximum atomic E-state index is 8.89. The molecule has 1 aliphatic heterocycles. The molecule has 4 heteroatoms. The first kappa shape index (κ1) is 6.95. The highest BCUT2D eigenvalue weighted by Gasteiger charge is 2.34. The third-order valence-corrected chi connectivity index (χ3v) is 1.30. The van der Waals surface area contributed by atoms with E-state index in [1.165, 1.54) is 0 Å². The van der Waals surface area contributed by atoms with Crippen LogP contribution in [0.1, 0.15) is 0 Å². The van der Waals surface area contributed by atoms with Crippen LogP contribution in [0.3, 0.4) is 0 Å². The molecular formula is C5H9O4. The highest BCUT2D eigenvalue weighted by molar-refractivity contribution is 4.89. The molecule has 3 atom stereocenters. The third-order valence-electron chi connectivity index (χ3n) is 1.30. The Hall–Kier alpha value is -0.160. The average molecular weight is 133 g/mol. The van der Waals surface area contributed by atoms with Crippen molar-refractivity contribution in [2.24, 2.45) is 0 Å². The molecule has 0 bridgehead atoms. The quantitative estimate of drug-likeness (QED) is 0.397. The summed E-state index contributed by atoms with van der Waals surface area (Å²) >= 11 is 0. The molecule has 1 aliphatic rings. The summed E-state index contributed by atoms with van der Waals surface area (Å²) in [5, 5.41) is 26.1. The first-order valence-electron chi connectivity index (χ1n) is 2.71. The number of rotatable bonds is 1. The van der Waals surface area contributed by atoms with Gasteiger partial charge in [-0.3, -0.25) is 0 Å². The summed E-state index contributed by atoms with van der Waals surface area (Å²) in [7, 11) is 0. The number of aliphatic hydroxyl groups excluding tert-OH is 3. The summed E-state index contributed by atoms with van der Waals surface area (Å²) in [4.78, 5) is 0. The fourth-order valence-electron chi connectivity index (χ4n) is 0.713. The van der Waals surface area contributed by atoms with Gasteiger partial charge in [0.05, 0.1) is 6.61 Å². The Bertz CT molecular complexity index is 95.0. The van der Waals surface area contributed by atoms with Crippen LogP contribution in [0.2, 0.25) is 0 Å². The highest BCUT2D eigenvalue weighted by atomic mass is 16.5. The van der Waals surface area contributed by atoms with Gasteiger partial charge in [-0.15, -0.1) is 0 Å². The van der Waals surface area contributed by atoms with E-state index in [1.807, 2.05) is 0 Å². The van der Waals surface area contributed by atoms with Crippen molar-refractivity contribution in [1.29, 1.82) is 0 Å². The van der Waals surface area contributed by atoms with E-state index in [0.717, 1.165) is 6.61 Å². The van der Waals surface area contributed by atoms with Crippen molar-refractivity contribution in [2.75, 3.05) is 6.61 Å². The largest absolute Gasteiger partial charge is 0.394 e. The van der Waals surface area contributed by atoms with Crippen molar-refractivity contribution in [3.8, 4) is 0 Å². The summed E-state index contributed by atoms with van der Waals surface area (Å²) in [6.45, 7) is 0.848. The summed E-state index contributed by atoms with van der Waals surface area (Å²) < 4.78 is 4.65. The van der Waals surface area contributed by atoms with Crippen LogP contribution in [-0.2, 0) is 4.74 Å². The van der Waals surface area contributed by atoms with Crippen LogP contribution >= 0.6 is 0 Å². The van der Waals surface area contributed by atoms with Gasteiger partial charge in [-0.25, -0.2) is 0 Å². The van der Waals surface area contributed by atoms with Crippen LogP contribution in [-0.4, -0.2) is 40.2 Å². The second-order valence-corrected chi connectivity index (χ2v) is 1.97. The van der Waals surface area contributed by atoms with E-state index in [9.17, 15) is 0 Å². The minimum absolute atomic E-state index is 0.269. The Kier molecular flexibility index (Phi) is 2.02. The lowest BCUT2D eigenvalue weighted by Gasteiger charge is -2.10. The molecule has 1 saturated heterocycles. The smallest absolute Gasteiger partial charge is 0.115 e. The predicted molar refractivity (Wildman–Crippen MR) is 28.3 cm³/mol. The lowest BCUT2D eigenvalue weighted by molar-refractivity contribution is -0.00317. The van der Waals surface area contributed by atoms with Gasteiger partial charge >= 0.3 is 0 Å². The molecule has 53 valence electrons. The second-order valence-electron chi connectivity index (χ2n) is 1.97. The van der Waals surface area contributed by atoms with Crippen molar-refractivity contribution < 1.29 is 20.1 Å². The van der Waals surface area contributed by atoms with Gasteiger partial charge < -0.3 is 20.1 Å². The molecule has 0 amide bonds. The van der Waals surface area contributed by atoms with Crippen LogP contribution in [0.4, 0.5) is 0 Å². The molecule has 9 heavy (non-hydrogen) atoms. The molecular weight excluding hydrogens is 124 g/mol. The van der Waals surface area contributed by atoms with Gasteiger partial charge in [0.1, 0.15) is 24.9 Å². The van der Waals surface area contributed by atoms with Gasteiger partial charge in [-0.2, -0.15) is 0 Å². The van der Waals surface area contributed by atoms with Crippen LogP contribution in [0.5, 0.6) is 0 Å². The van der Waals surface area contributed by atoms with Gasteiger partial charge in [0.2, 0.25) is 0 Å². The molecule has 1 rings (SSSR count). The molecule has 0 aliphatic carbocycles. The monoisotopic (exact) mass is 133 g/mol. The summed E-state index contributed by atoms with van der Waals surface area (Å²) in [5.41, 5.74) is 0. The number of aliphatic hydroxyl groups is 3. The molecule has 1 fully saturated rings. The number of ether oxygens (including phenoxy) is 1. The van der Waals surface area contributed by atoms with E-state index in [2.05, 4.69) is 4.74 Å². The SMILES string of the molecule is OC[C@@H]1O[CH][C@@H](O)[C@@H]1O. The number of hydrogen-bond donors (Lipinski definition) is 3. The summed E-state index contributed by atoms with van der Waals surface area (Å²) in [5.74, 6) is 0. The molecule has 3 N–H and O–H groups in total. The Labute approximate surface area is 52.7 Å². The summed E-state index contributed by atoms with van der Waals surface area (Å²) in [6, 6.07) is 0. The van der Waals surface area contributed by atoms with Crippen molar-refractivity contribution in [3.63, 3.8) is 0 Å². The van der Waals surface area contributed by atoms with Gasteiger partial charge in [0.25, 0.3) is 0 Å². The fraction of sp³-hybridized carbons (Fsp3) is 0.800. The molecule has 0 aromatic rings. The molecule has 0 spiro atoms. The predicted octanol–water partition coefficient (Wildman–Crippen LogP) is -1.74. The Morgan fingerprint density at radius 1 is 1.44 bits per heavy atom. The van der Waals surface area contributed by atoms with E-state index in [4.69, 9.17) is 15.3 Å². The summed E-state index contributed by atoms with van der Waals surface area (Å²) in [6.07, 6.45) is -2.59. The first-order valence-corrected chi connectivity index (χ1v) is 2.71. The lowest BCUT2D eigenvalue weighted by atomic mass is 10.2. The lowest BCUT2D eigenvalue weighted by Crippen LogP contribution is -2.31. The Morgan fingerprint density at radius 3 is 2.33 bits per heavy atom. The average Bonchev–Trinajstić information content (AvgIpc) is 2.15. The zero-order chi connectivity index (χ0) is 6.85. The van der Waals surface area contributed by atoms with Gasteiger partial charge in [-0.1, -0.05) is 0 Å². The number of hydrogen-bond acceptors (Lipinski definition) is 4. The van der Waals surface area contributed by atoms with Gasteiger partial charge in [0, 0.05) is 0 Å². The molecule has 0 aromatic heterocycles.